The van der Waals surface area contributed by atoms with Gasteiger partial charge < -0.3 is 14.6 Å². The van der Waals surface area contributed by atoms with E-state index in [1.54, 1.807) is 6.07 Å². The van der Waals surface area contributed by atoms with E-state index >= 15 is 0 Å². The van der Waals surface area contributed by atoms with Crippen LogP contribution in [-0.2, 0) is 17.8 Å². The molecular formula is C19H20ClN5O5. The number of anilines is 2. The number of halogens is 1. The average Bonchev–Trinajstić information content (AvgIpc) is 3.27. The smallest absolute Gasteiger partial charge is 0.329 e. The Morgan fingerprint density at radius 2 is 2.33 bits per heavy atom. The Bertz CT molecular complexity index is 967. The first-order chi connectivity index (χ1) is 14.6. The third-order valence-corrected chi connectivity index (χ3v) is 5.16. The normalized spacial score (nSPS) is 18.1. The SMILES string of the molecule is O=Cc1nc2c(cc1CO)CCCN2C(=O)Nc1ncc(Cl)c(OC2CCOC2)n1. The Hall–Kier alpha value is -2.82. The van der Waals surface area contributed by atoms with Crippen molar-refractivity contribution in [2.24, 2.45) is 0 Å². The Morgan fingerprint density at radius 3 is 3.07 bits per heavy atom. The molecular weight excluding hydrogens is 414 g/mol. The Balaban J connectivity index is 1.54. The molecule has 1 atom stereocenters. The second kappa shape index (κ2) is 8.90. The largest absolute Gasteiger partial charge is 0.471 e. The number of carbonyl (C=O) groups is 2. The first-order valence-electron chi connectivity index (χ1n) is 9.53. The minimum absolute atomic E-state index is 0.0352. The lowest BCUT2D eigenvalue weighted by molar-refractivity contribution is 0.111. The van der Waals surface area contributed by atoms with E-state index in [9.17, 15) is 14.7 Å². The van der Waals surface area contributed by atoms with Crippen molar-refractivity contribution in [1.82, 2.24) is 15.0 Å². The van der Waals surface area contributed by atoms with Crippen LogP contribution < -0.4 is 15.0 Å². The van der Waals surface area contributed by atoms with Crippen molar-refractivity contribution in [2.75, 3.05) is 30.0 Å². The minimum atomic E-state index is -0.491. The molecule has 2 N–H and O–H groups in total. The van der Waals surface area contributed by atoms with Crippen LogP contribution in [0.15, 0.2) is 12.3 Å². The Morgan fingerprint density at radius 1 is 1.47 bits per heavy atom. The molecule has 2 amide bonds. The molecule has 0 aliphatic carbocycles. The average molecular weight is 434 g/mol. The molecule has 1 unspecified atom stereocenters. The topological polar surface area (TPSA) is 127 Å². The molecule has 2 aliphatic heterocycles. The number of urea groups is 1. The minimum Gasteiger partial charge on any atom is -0.471 e. The number of aliphatic hydroxyl groups excluding tert-OH is 1. The van der Waals surface area contributed by atoms with Crippen LogP contribution in [0.2, 0.25) is 5.02 Å². The van der Waals surface area contributed by atoms with Gasteiger partial charge in [0.05, 0.1) is 26.0 Å². The lowest BCUT2D eigenvalue weighted by Gasteiger charge is -2.28. The molecule has 11 heteroatoms. The Kier molecular flexibility index (Phi) is 6.07. The maximum absolute atomic E-state index is 12.9. The van der Waals surface area contributed by atoms with E-state index in [4.69, 9.17) is 21.1 Å². The number of hydrogen-bond donors (Lipinski definition) is 2. The summed E-state index contributed by atoms with van der Waals surface area (Å²) in [6.45, 7) is 1.18. The summed E-state index contributed by atoms with van der Waals surface area (Å²) in [6.07, 6.45) is 3.90. The molecule has 2 aliphatic rings. The molecule has 0 saturated carbocycles. The summed E-state index contributed by atoms with van der Waals surface area (Å²) in [6, 6.07) is 1.22. The van der Waals surface area contributed by atoms with E-state index < -0.39 is 6.03 Å². The van der Waals surface area contributed by atoms with Crippen LogP contribution in [-0.4, -0.2) is 58.2 Å². The number of aldehydes is 1. The molecule has 2 aromatic heterocycles. The van der Waals surface area contributed by atoms with E-state index in [2.05, 4.69) is 20.3 Å². The molecule has 0 spiro atoms. The molecule has 0 bridgehead atoms. The number of carbonyl (C=O) groups excluding carboxylic acids is 2. The van der Waals surface area contributed by atoms with Gasteiger partial charge in [0, 0.05) is 18.5 Å². The number of ether oxygens (including phenoxy) is 2. The van der Waals surface area contributed by atoms with Gasteiger partial charge in [0.25, 0.3) is 0 Å². The molecule has 0 aromatic carbocycles. The number of aliphatic hydroxyl groups is 1. The molecule has 158 valence electrons. The van der Waals surface area contributed by atoms with Crippen LogP contribution in [0.4, 0.5) is 16.6 Å². The highest BCUT2D eigenvalue weighted by molar-refractivity contribution is 6.31. The molecule has 0 radical (unpaired) electrons. The van der Waals surface area contributed by atoms with Gasteiger partial charge in [0.2, 0.25) is 11.8 Å². The van der Waals surface area contributed by atoms with Crippen LogP contribution in [0.5, 0.6) is 5.88 Å². The molecule has 10 nitrogen and oxygen atoms in total. The fraction of sp³-hybridized carbons (Fsp3) is 0.421. The van der Waals surface area contributed by atoms with Crippen LogP contribution in [0.3, 0.4) is 0 Å². The maximum Gasteiger partial charge on any atom is 0.329 e. The number of pyridine rings is 1. The highest BCUT2D eigenvalue weighted by Crippen LogP contribution is 2.28. The predicted octanol–water partition coefficient (Wildman–Crippen LogP) is 1.98. The van der Waals surface area contributed by atoms with Gasteiger partial charge in [0.1, 0.15) is 22.6 Å². The summed E-state index contributed by atoms with van der Waals surface area (Å²) >= 11 is 6.11. The monoisotopic (exact) mass is 433 g/mol. The van der Waals surface area contributed by atoms with Gasteiger partial charge in [-0.05, 0) is 24.5 Å². The summed E-state index contributed by atoms with van der Waals surface area (Å²) in [5, 5.41) is 12.3. The molecule has 1 saturated heterocycles. The maximum atomic E-state index is 12.9. The van der Waals surface area contributed by atoms with Gasteiger partial charge >= 0.3 is 6.03 Å². The third-order valence-electron chi connectivity index (χ3n) is 4.90. The number of rotatable bonds is 5. The number of hydrogen-bond acceptors (Lipinski definition) is 8. The van der Waals surface area contributed by atoms with Crippen molar-refractivity contribution >= 4 is 35.7 Å². The van der Waals surface area contributed by atoms with E-state index in [0.717, 1.165) is 12.0 Å². The van der Waals surface area contributed by atoms with Crippen LogP contribution in [0.1, 0.15) is 34.5 Å². The molecule has 2 aromatic rings. The fourth-order valence-corrected chi connectivity index (χ4v) is 3.54. The molecule has 4 rings (SSSR count). The van der Waals surface area contributed by atoms with Gasteiger partial charge in [-0.1, -0.05) is 11.6 Å². The second-order valence-electron chi connectivity index (χ2n) is 6.93. The lowest BCUT2D eigenvalue weighted by atomic mass is 10.0. The van der Waals surface area contributed by atoms with Crippen molar-refractivity contribution in [1.29, 1.82) is 0 Å². The number of nitrogens with zero attached hydrogens (tertiary/aromatic N) is 4. The summed E-state index contributed by atoms with van der Waals surface area (Å²) in [5.41, 5.74) is 1.33. The van der Waals surface area contributed by atoms with Crippen molar-refractivity contribution in [3.05, 3.63) is 34.1 Å². The molecule has 4 heterocycles. The number of amides is 2. The van der Waals surface area contributed by atoms with Crippen molar-refractivity contribution in [2.45, 2.75) is 32.0 Å². The number of aryl methyl sites for hydroxylation is 1. The summed E-state index contributed by atoms with van der Waals surface area (Å²) in [7, 11) is 0. The zero-order chi connectivity index (χ0) is 21.1. The van der Waals surface area contributed by atoms with Crippen LogP contribution in [0, 0.1) is 0 Å². The fourth-order valence-electron chi connectivity index (χ4n) is 3.41. The summed E-state index contributed by atoms with van der Waals surface area (Å²) < 4.78 is 11.0. The van der Waals surface area contributed by atoms with Crippen LogP contribution >= 0.6 is 11.6 Å². The van der Waals surface area contributed by atoms with Gasteiger partial charge in [-0.2, -0.15) is 4.98 Å². The highest BCUT2D eigenvalue weighted by atomic mass is 35.5. The van der Waals surface area contributed by atoms with Gasteiger partial charge in [-0.3, -0.25) is 15.0 Å². The van der Waals surface area contributed by atoms with Gasteiger partial charge in [0.15, 0.2) is 6.29 Å². The van der Waals surface area contributed by atoms with Gasteiger partial charge in [-0.25, -0.2) is 14.8 Å². The van der Waals surface area contributed by atoms with E-state index in [0.29, 0.717) is 50.3 Å². The Labute approximate surface area is 177 Å². The summed E-state index contributed by atoms with van der Waals surface area (Å²) in [4.78, 5) is 38.1. The predicted molar refractivity (Wildman–Crippen MR) is 107 cm³/mol. The second-order valence-corrected chi connectivity index (χ2v) is 7.33. The van der Waals surface area contributed by atoms with E-state index in [-0.39, 0.29) is 35.3 Å². The quantitative estimate of drug-likeness (QED) is 0.685. The summed E-state index contributed by atoms with van der Waals surface area (Å²) in [5.74, 6) is 0.588. The highest BCUT2D eigenvalue weighted by Gasteiger charge is 2.27. The van der Waals surface area contributed by atoms with Crippen molar-refractivity contribution in [3.63, 3.8) is 0 Å². The first-order valence-corrected chi connectivity index (χ1v) is 9.91. The van der Waals surface area contributed by atoms with E-state index in [1.807, 2.05) is 0 Å². The number of fused-ring (bicyclic) bond motifs is 1. The third kappa shape index (κ3) is 4.20. The molecule has 30 heavy (non-hydrogen) atoms. The zero-order valence-corrected chi connectivity index (χ0v) is 16.8. The van der Waals surface area contributed by atoms with E-state index in [1.165, 1.54) is 11.1 Å². The van der Waals surface area contributed by atoms with Crippen molar-refractivity contribution in [3.8, 4) is 5.88 Å². The molecule has 1 fully saturated rings. The van der Waals surface area contributed by atoms with Gasteiger partial charge in [-0.15, -0.1) is 0 Å². The standard InChI is InChI=1S/C19H20ClN5O5/c20-14-7-21-18(23-17(14)30-13-3-5-29-10-13)24-19(28)25-4-1-2-11-6-12(8-26)15(9-27)22-16(11)25/h6-7,9,13,26H,1-5,8,10H2,(H,21,23,24,28). The number of aromatic nitrogens is 3. The first kappa shape index (κ1) is 20.5. The number of nitrogens with one attached hydrogen (secondary N) is 1. The van der Waals surface area contributed by atoms with Crippen LogP contribution in [0.25, 0.3) is 0 Å². The zero-order valence-electron chi connectivity index (χ0n) is 16.0. The van der Waals surface area contributed by atoms with Crippen molar-refractivity contribution < 1.29 is 24.2 Å². The lowest BCUT2D eigenvalue weighted by Crippen LogP contribution is -2.40.